The van der Waals surface area contributed by atoms with Gasteiger partial charge in [-0.2, -0.15) is 0 Å². The summed E-state index contributed by atoms with van der Waals surface area (Å²) >= 11 is 0. The summed E-state index contributed by atoms with van der Waals surface area (Å²) in [7, 11) is -4.74. The normalized spacial score (nSPS) is 13.7. The Hall–Kier alpha value is -1.19. The number of nitrogens with one attached hydrogen (secondary N) is 1. The average molecular weight is 286 g/mol. The first kappa shape index (κ1) is 14.9. The Bertz CT molecular complexity index is 536. The van der Waals surface area contributed by atoms with E-state index < -0.39 is 44.2 Å². The van der Waals surface area contributed by atoms with Crippen molar-refractivity contribution in [3.63, 3.8) is 0 Å². The highest BCUT2D eigenvalue weighted by Crippen LogP contribution is 2.23. The fourth-order valence-corrected chi connectivity index (χ4v) is 2.57. The Kier molecular flexibility index (Phi) is 4.30. The van der Waals surface area contributed by atoms with Gasteiger partial charge in [-0.25, -0.2) is 30.7 Å². The lowest BCUT2D eigenvalue weighted by Gasteiger charge is -2.13. The Morgan fingerprint density at radius 3 is 2.06 bits per heavy atom. The number of hydrogen-bond donors (Lipinski definition) is 2. The number of rotatable bonds is 4. The summed E-state index contributed by atoms with van der Waals surface area (Å²) in [5, 5.41) is 0. The molecule has 0 saturated heterocycles. The molecule has 0 aliphatic rings. The largest absolute Gasteiger partial charge is 0.329 e. The highest BCUT2D eigenvalue weighted by Gasteiger charge is 2.30. The van der Waals surface area contributed by atoms with Crippen molar-refractivity contribution in [2.75, 3.05) is 6.54 Å². The molecule has 0 aliphatic heterocycles. The van der Waals surface area contributed by atoms with Crippen molar-refractivity contribution in [3.05, 3.63) is 29.3 Å². The first-order chi connectivity index (χ1) is 8.20. The lowest BCUT2D eigenvalue weighted by atomic mass is 10.3. The smallest absolute Gasteiger partial charge is 0.246 e. The summed E-state index contributed by atoms with van der Waals surface area (Å²) in [5.74, 6) is -7.56. The van der Waals surface area contributed by atoms with E-state index in [1.807, 2.05) is 0 Å². The van der Waals surface area contributed by atoms with Gasteiger partial charge in [0, 0.05) is 18.7 Å². The van der Waals surface area contributed by atoms with Crippen LogP contribution < -0.4 is 10.5 Å². The maximum Gasteiger partial charge on any atom is 0.246 e. The summed E-state index contributed by atoms with van der Waals surface area (Å²) in [6, 6.07) is -0.920. The zero-order valence-electron chi connectivity index (χ0n) is 9.18. The SMILES string of the molecule is C[C@@H](CN)NS(=O)(=O)c1c(F)c(F)cc(F)c1F. The molecule has 9 heteroatoms. The molecular weight excluding hydrogens is 276 g/mol. The van der Waals surface area contributed by atoms with E-state index in [0.29, 0.717) is 0 Å². The molecule has 3 N–H and O–H groups in total. The van der Waals surface area contributed by atoms with Crippen LogP contribution in [0.25, 0.3) is 0 Å². The van der Waals surface area contributed by atoms with Crippen LogP contribution in [0.15, 0.2) is 11.0 Å². The molecule has 0 spiro atoms. The maximum absolute atomic E-state index is 13.3. The molecule has 18 heavy (non-hydrogen) atoms. The molecule has 0 aliphatic carbocycles. The van der Waals surface area contributed by atoms with Gasteiger partial charge in [0.15, 0.2) is 28.2 Å². The Morgan fingerprint density at radius 1 is 1.22 bits per heavy atom. The average Bonchev–Trinajstić information content (AvgIpc) is 2.25. The third-order valence-corrected chi connectivity index (χ3v) is 3.66. The summed E-state index contributed by atoms with van der Waals surface area (Å²) in [6.45, 7) is 1.17. The minimum atomic E-state index is -4.74. The van der Waals surface area contributed by atoms with Crippen LogP contribution >= 0.6 is 0 Å². The molecule has 1 rings (SSSR count). The first-order valence-corrected chi connectivity index (χ1v) is 6.24. The Morgan fingerprint density at radius 2 is 1.67 bits per heavy atom. The second-order valence-corrected chi connectivity index (χ2v) is 5.21. The van der Waals surface area contributed by atoms with Crippen molar-refractivity contribution in [2.24, 2.45) is 5.73 Å². The molecule has 0 bridgehead atoms. The molecule has 0 amide bonds. The fourth-order valence-electron chi connectivity index (χ4n) is 1.16. The molecular formula is C9H10F4N2O2S. The van der Waals surface area contributed by atoms with Gasteiger partial charge >= 0.3 is 0 Å². The van der Waals surface area contributed by atoms with Gasteiger partial charge in [0.25, 0.3) is 0 Å². The second kappa shape index (κ2) is 5.21. The summed E-state index contributed by atoms with van der Waals surface area (Å²) in [6.07, 6.45) is 0. The van der Waals surface area contributed by atoms with Crippen LogP contribution in [0.3, 0.4) is 0 Å². The molecule has 0 fully saturated rings. The molecule has 1 aromatic rings. The van der Waals surface area contributed by atoms with Gasteiger partial charge in [-0.15, -0.1) is 0 Å². The summed E-state index contributed by atoms with van der Waals surface area (Å²) in [5.41, 5.74) is 5.13. The molecule has 0 radical (unpaired) electrons. The topological polar surface area (TPSA) is 72.2 Å². The highest BCUT2D eigenvalue weighted by atomic mass is 32.2. The summed E-state index contributed by atoms with van der Waals surface area (Å²) in [4.78, 5) is -1.69. The van der Waals surface area contributed by atoms with E-state index in [4.69, 9.17) is 5.73 Å². The molecule has 0 aromatic heterocycles. The second-order valence-electron chi connectivity index (χ2n) is 3.56. The third kappa shape index (κ3) is 2.79. The van der Waals surface area contributed by atoms with E-state index in [0.717, 1.165) is 0 Å². The number of nitrogens with two attached hydrogens (primary N) is 1. The Balaban J connectivity index is 3.41. The Labute approximate surface area is 101 Å². The van der Waals surface area contributed by atoms with Crippen molar-refractivity contribution >= 4 is 10.0 Å². The zero-order chi connectivity index (χ0) is 14.1. The molecule has 4 nitrogen and oxygen atoms in total. The van der Waals surface area contributed by atoms with E-state index in [9.17, 15) is 26.0 Å². The zero-order valence-corrected chi connectivity index (χ0v) is 9.99. The van der Waals surface area contributed by atoms with Gasteiger partial charge < -0.3 is 5.73 Å². The van der Waals surface area contributed by atoms with Crippen LogP contribution in [0, 0.1) is 23.3 Å². The van der Waals surface area contributed by atoms with Crippen molar-refractivity contribution in [1.82, 2.24) is 4.72 Å². The first-order valence-electron chi connectivity index (χ1n) is 4.76. The highest BCUT2D eigenvalue weighted by molar-refractivity contribution is 7.89. The standard InChI is InChI=1S/C9H10F4N2O2S/c1-4(3-14)15-18(16,17)9-7(12)5(10)2-6(11)8(9)13/h2,4,15H,3,14H2,1H3/t4-/m0/s1. The van der Waals surface area contributed by atoms with Crippen molar-refractivity contribution in [2.45, 2.75) is 17.9 Å². The predicted molar refractivity (Wildman–Crippen MR) is 55.1 cm³/mol. The van der Waals surface area contributed by atoms with E-state index >= 15 is 0 Å². The van der Waals surface area contributed by atoms with Crippen molar-refractivity contribution in [1.29, 1.82) is 0 Å². The minimum absolute atomic E-state index is 0.0734. The van der Waals surface area contributed by atoms with Gasteiger partial charge in [0.1, 0.15) is 0 Å². The van der Waals surface area contributed by atoms with Crippen molar-refractivity contribution < 1.29 is 26.0 Å². The molecule has 0 saturated carbocycles. The molecule has 1 atom stereocenters. The lowest BCUT2D eigenvalue weighted by molar-refractivity contribution is 0.417. The van der Waals surface area contributed by atoms with E-state index in [1.165, 1.54) is 6.92 Å². The molecule has 1 aromatic carbocycles. The van der Waals surface area contributed by atoms with Gasteiger partial charge in [-0.3, -0.25) is 0 Å². The number of hydrogen-bond acceptors (Lipinski definition) is 3. The van der Waals surface area contributed by atoms with Crippen LogP contribution in [0.4, 0.5) is 17.6 Å². The van der Waals surface area contributed by atoms with Crippen molar-refractivity contribution in [3.8, 4) is 0 Å². The van der Waals surface area contributed by atoms with E-state index in [2.05, 4.69) is 0 Å². The van der Waals surface area contributed by atoms with Gasteiger partial charge in [-0.05, 0) is 6.92 Å². The van der Waals surface area contributed by atoms with Crippen LogP contribution in [-0.2, 0) is 10.0 Å². The molecule has 0 unspecified atom stereocenters. The number of halogens is 4. The van der Waals surface area contributed by atoms with Gasteiger partial charge in [0.2, 0.25) is 10.0 Å². The van der Waals surface area contributed by atoms with Gasteiger partial charge in [0.05, 0.1) is 0 Å². The monoisotopic (exact) mass is 286 g/mol. The minimum Gasteiger partial charge on any atom is -0.329 e. The van der Waals surface area contributed by atoms with E-state index in [1.54, 1.807) is 4.72 Å². The maximum atomic E-state index is 13.3. The molecule has 102 valence electrons. The number of benzene rings is 1. The molecule has 0 heterocycles. The lowest BCUT2D eigenvalue weighted by Crippen LogP contribution is -2.38. The quantitative estimate of drug-likeness (QED) is 0.637. The van der Waals surface area contributed by atoms with Gasteiger partial charge in [-0.1, -0.05) is 0 Å². The summed E-state index contributed by atoms with van der Waals surface area (Å²) < 4.78 is 77.2. The van der Waals surface area contributed by atoms with E-state index in [-0.39, 0.29) is 12.6 Å². The fraction of sp³-hybridized carbons (Fsp3) is 0.333. The predicted octanol–water partition coefficient (Wildman–Crippen LogP) is 0.869. The van der Waals surface area contributed by atoms with Crippen LogP contribution in [0.5, 0.6) is 0 Å². The number of sulfonamides is 1. The van der Waals surface area contributed by atoms with Crippen LogP contribution in [0.1, 0.15) is 6.92 Å². The third-order valence-electron chi connectivity index (χ3n) is 2.05. The van der Waals surface area contributed by atoms with Crippen LogP contribution in [0.2, 0.25) is 0 Å². The van der Waals surface area contributed by atoms with Crippen LogP contribution in [-0.4, -0.2) is 21.0 Å².